The molecular weight excluding hydrogens is 546 g/mol. The molecule has 1 radical (unpaired) electrons. The Kier molecular flexibility index (Phi) is 21.5. The third-order valence-electron chi connectivity index (χ3n) is 1.40. The zero-order chi connectivity index (χ0) is 11.9. The Balaban J connectivity index is -0.000000109. The van der Waals surface area contributed by atoms with E-state index in [4.69, 9.17) is 23.3 Å². The molecule has 1 aromatic carbocycles. The van der Waals surface area contributed by atoms with Gasteiger partial charge in [0.2, 0.25) is 0 Å². The summed E-state index contributed by atoms with van der Waals surface area (Å²) < 4.78 is 31.6. The molecule has 18 heavy (non-hydrogen) atoms. The smallest absolute Gasteiger partial charge is 0 e. The average molecular weight is 566 g/mol. The van der Waals surface area contributed by atoms with Crippen LogP contribution in [0.1, 0.15) is 12.5 Å². The van der Waals surface area contributed by atoms with Gasteiger partial charge in [-0.25, -0.2) is 0 Å². The van der Waals surface area contributed by atoms with Gasteiger partial charge in [0, 0.05) is 44.9 Å². The molecule has 0 aromatic heterocycles. The van der Waals surface area contributed by atoms with Crippen molar-refractivity contribution in [3.05, 3.63) is 35.9 Å². The molecule has 1 aromatic rings. The molecule has 4 N–H and O–H groups in total. The minimum Gasteiger partial charge on any atom is 0 e. The summed E-state index contributed by atoms with van der Waals surface area (Å²) in [6.45, 7) is 2.02. The SMILES string of the molecule is C[C@H](N)Cc1ccccc1.O=S(=O)(O)O.[Au].[GeH4].[Ni]. The van der Waals surface area contributed by atoms with Gasteiger partial charge in [-0.1, -0.05) is 30.3 Å². The molecule has 0 aliphatic carbocycles. The van der Waals surface area contributed by atoms with Crippen LogP contribution < -0.4 is 5.73 Å². The first kappa shape index (κ1) is 27.2. The van der Waals surface area contributed by atoms with Crippen molar-refractivity contribution >= 4 is 28.0 Å². The van der Waals surface area contributed by atoms with Gasteiger partial charge in [0.15, 0.2) is 0 Å². The van der Waals surface area contributed by atoms with Gasteiger partial charge in [-0.05, 0) is 18.9 Å². The quantitative estimate of drug-likeness (QED) is 0.331. The Morgan fingerprint density at radius 1 is 1.22 bits per heavy atom. The Hall–Kier alpha value is 0.827. The van der Waals surface area contributed by atoms with E-state index in [0.717, 1.165) is 6.42 Å². The van der Waals surface area contributed by atoms with Gasteiger partial charge in [0.25, 0.3) is 0 Å². The Labute approximate surface area is 144 Å². The van der Waals surface area contributed by atoms with E-state index < -0.39 is 10.4 Å². The zero-order valence-electron chi connectivity index (χ0n) is 8.99. The van der Waals surface area contributed by atoms with Crippen molar-refractivity contribution in [2.45, 2.75) is 19.4 Å². The molecule has 0 spiro atoms. The van der Waals surface area contributed by atoms with Crippen molar-refractivity contribution in [3.63, 3.8) is 0 Å². The summed E-state index contributed by atoms with van der Waals surface area (Å²) in [6.07, 6.45) is 0.973. The summed E-state index contributed by atoms with van der Waals surface area (Å²) in [5.74, 6) is 0. The molecule has 0 saturated carbocycles. The molecule has 1 atom stereocenters. The largest absolute Gasteiger partial charge is 0 e. The van der Waals surface area contributed by atoms with Crippen LogP contribution in [0.15, 0.2) is 30.3 Å². The molecule has 5 nitrogen and oxygen atoms in total. The molecule has 9 heteroatoms. The molecule has 0 aliphatic rings. The number of hydrogen-bond donors (Lipinski definition) is 3. The fourth-order valence-electron chi connectivity index (χ4n) is 0.986. The van der Waals surface area contributed by atoms with Crippen LogP contribution in [0.2, 0.25) is 0 Å². The van der Waals surface area contributed by atoms with Gasteiger partial charge >= 0.3 is 28.0 Å². The van der Waals surface area contributed by atoms with E-state index in [-0.39, 0.29) is 62.5 Å². The topological polar surface area (TPSA) is 101 Å². The third kappa shape index (κ3) is 25.6. The molecule has 0 fully saturated rings. The monoisotopic (exact) mass is 566 g/mol. The van der Waals surface area contributed by atoms with E-state index in [1.165, 1.54) is 5.56 Å². The van der Waals surface area contributed by atoms with Crippen LogP contribution in [0.5, 0.6) is 0 Å². The van der Waals surface area contributed by atoms with Crippen LogP contribution in [-0.2, 0) is 55.7 Å². The van der Waals surface area contributed by atoms with E-state index in [0.29, 0.717) is 0 Å². The van der Waals surface area contributed by atoms with Crippen molar-refractivity contribution < 1.29 is 56.4 Å². The van der Waals surface area contributed by atoms with Crippen molar-refractivity contribution in [1.82, 2.24) is 0 Å². The predicted molar refractivity (Wildman–Crippen MR) is 69.3 cm³/mol. The Morgan fingerprint density at radius 2 is 1.56 bits per heavy atom. The normalized spacial score (nSPS) is 10.4. The molecule has 115 valence electrons. The summed E-state index contributed by atoms with van der Waals surface area (Å²) in [6, 6.07) is 10.6. The standard InChI is InChI=1S/C9H13N.Au.GeH4.Ni.H2O4S/c1-8(10)7-9-5-3-2-4-6-9;;;;1-5(2,3)4/h2-6,8H,7,10H2,1H3;;1H4;;(H2,1,2,3,4)/t8-;;;;/m0..../s1. The van der Waals surface area contributed by atoms with Gasteiger partial charge in [-0.3, -0.25) is 9.11 Å². The number of hydrogen-bond acceptors (Lipinski definition) is 3. The molecule has 0 aliphatic heterocycles. The second-order valence-electron chi connectivity index (χ2n) is 3.11. The first-order valence-electron chi connectivity index (χ1n) is 4.28. The molecule has 0 heterocycles. The molecule has 1 rings (SSSR count). The molecule has 0 amide bonds. The van der Waals surface area contributed by atoms with Crippen molar-refractivity contribution in [2.24, 2.45) is 5.73 Å². The minimum absolute atomic E-state index is 0. The second kappa shape index (κ2) is 14.2. The van der Waals surface area contributed by atoms with E-state index in [2.05, 4.69) is 12.1 Å². The van der Waals surface area contributed by atoms with E-state index in [1.54, 1.807) is 0 Å². The first-order valence-corrected chi connectivity index (χ1v) is 5.68. The fraction of sp³-hybridized carbons (Fsp3) is 0.333. The maximum atomic E-state index is 8.74. The molecule has 0 saturated heterocycles. The Morgan fingerprint density at radius 3 is 1.83 bits per heavy atom. The summed E-state index contributed by atoms with van der Waals surface area (Å²) in [5, 5.41) is 0. The van der Waals surface area contributed by atoms with Crippen LogP contribution in [0.25, 0.3) is 0 Å². The van der Waals surface area contributed by atoms with Gasteiger partial charge < -0.3 is 5.73 Å². The summed E-state index contributed by atoms with van der Waals surface area (Å²) in [7, 11) is -4.67. The van der Waals surface area contributed by atoms with Gasteiger partial charge in [-0.15, -0.1) is 0 Å². The zero-order valence-corrected chi connectivity index (χ0v) is 13.0. The third-order valence-corrected chi connectivity index (χ3v) is 1.40. The number of benzene rings is 1. The molecule has 0 bridgehead atoms. The summed E-state index contributed by atoms with van der Waals surface area (Å²) in [4.78, 5) is 0. The van der Waals surface area contributed by atoms with E-state index in [9.17, 15) is 0 Å². The maximum absolute atomic E-state index is 8.74. The first-order chi connectivity index (χ1) is 6.79. The second-order valence-corrected chi connectivity index (χ2v) is 4.01. The van der Waals surface area contributed by atoms with Crippen LogP contribution in [-0.4, -0.2) is 41.2 Å². The van der Waals surface area contributed by atoms with Crippen LogP contribution in [0.4, 0.5) is 0 Å². The summed E-state index contributed by atoms with van der Waals surface area (Å²) >= 11 is 0. The van der Waals surface area contributed by atoms with Crippen LogP contribution in [0.3, 0.4) is 0 Å². The van der Waals surface area contributed by atoms with Gasteiger partial charge in [-0.2, -0.15) is 8.42 Å². The fourth-order valence-corrected chi connectivity index (χ4v) is 0.986. The Bertz CT molecular complexity index is 369. The van der Waals surface area contributed by atoms with Crippen molar-refractivity contribution in [3.8, 4) is 0 Å². The minimum atomic E-state index is -4.67. The van der Waals surface area contributed by atoms with Crippen LogP contribution >= 0.6 is 0 Å². The van der Waals surface area contributed by atoms with Crippen LogP contribution in [0, 0.1) is 0 Å². The summed E-state index contributed by atoms with van der Waals surface area (Å²) in [5.41, 5.74) is 6.94. The average Bonchev–Trinajstić information content (AvgIpc) is 2.01. The van der Waals surface area contributed by atoms with E-state index >= 15 is 0 Å². The van der Waals surface area contributed by atoms with Gasteiger partial charge in [0.05, 0.1) is 0 Å². The maximum Gasteiger partial charge on any atom is 0 e. The predicted octanol–water partition coefficient (Wildman–Crippen LogP) is -0.533. The van der Waals surface area contributed by atoms with E-state index in [1.807, 2.05) is 25.1 Å². The molecular formula is C9H19AuGeNNiO4S. The van der Waals surface area contributed by atoms with Crippen molar-refractivity contribution in [1.29, 1.82) is 0 Å². The molecule has 0 unspecified atom stereocenters. The van der Waals surface area contributed by atoms with Crippen molar-refractivity contribution in [2.75, 3.05) is 0 Å². The number of nitrogens with two attached hydrogens (primary N) is 1. The van der Waals surface area contributed by atoms with Gasteiger partial charge in [0.1, 0.15) is 0 Å². The number of rotatable bonds is 2.